The standard InChI is InChI=1S/C61H75F3N12O16/c1-83-51-37-68-59(55-54(51)48(36-67-55)56(80)61(82)74-15-10-43(11-16-74)47(35-65)42-7-3-2-4-8-42)76-41-69-58(72-76)60(81)70-45(39-77)9-5-6-14-66-52(78)12-18-84-21-24-87-29-30-90-31-32-91-40-46-38-75(73-71-46)17-20-86-23-26-89-28-27-88-25-22-85-19-13-53(79)92-57-49(63)33-44(62)34-50(57)64/h2-4,7-8,33-34,36-38,41,45,67,77H,5-6,9-32,39-40H2,1H3,(H,66,78)(H,70,81)/t45-/m0/s1. The number of rotatable bonds is 43. The number of aliphatic hydroxyl groups excluding tert-OH is 1. The highest BCUT2D eigenvalue weighted by Crippen LogP contribution is 2.33. The van der Waals surface area contributed by atoms with Crippen molar-refractivity contribution >= 4 is 46.0 Å². The third-order valence-corrected chi connectivity index (χ3v) is 13.9. The number of aliphatic hydroxyl groups is 1. The van der Waals surface area contributed by atoms with E-state index in [1.54, 1.807) is 10.9 Å². The predicted molar refractivity (Wildman–Crippen MR) is 318 cm³/mol. The van der Waals surface area contributed by atoms with Gasteiger partial charge in [0.1, 0.15) is 23.6 Å². The van der Waals surface area contributed by atoms with Crippen LogP contribution in [0.2, 0.25) is 0 Å². The van der Waals surface area contributed by atoms with Crippen LogP contribution in [0.4, 0.5) is 13.2 Å². The molecule has 6 aromatic rings. The lowest BCUT2D eigenvalue weighted by Crippen LogP contribution is -2.40. The molecule has 0 spiro atoms. The molecule has 1 aliphatic rings. The molecule has 0 aliphatic carbocycles. The van der Waals surface area contributed by atoms with Crippen molar-refractivity contribution in [2.75, 3.05) is 132 Å². The van der Waals surface area contributed by atoms with Crippen molar-refractivity contribution in [3.05, 3.63) is 113 Å². The summed E-state index contributed by atoms with van der Waals surface area (Å²) in [6, 6.07) is 11.8. The molecule has 0 radical (unpaired) electrons. The highest BCUT2D eigenvalue weighted by molar-refractivity contribution is 6.45. The molecule has 28 nitrogen and oxygen atoms in total. The van der Waals surface area contributed by atoms with Crippen molar-refractivity contribution in [1.29, 1.82) is 5.26 Å². The maximum atomic E-state index is 13.8. The van der Waals surface area contributed by atoms with Gasteiger partial charge in [-0.2, -0.15) is 9.94 Å². The Hall–Kier alpha value is -8.58. The molecule has 1 saturated heterocycles. The van der Waals surface area contributed by atoms with Crippen LogP contribution in [-0.4, -0.2) is 218 Å². The number of aromatic amines is 1. The quantitative estimate of drug-likeness (QED) is 0.0105. The lowest BCUT2D eigenvalue weighted by Gasteiger charge is -2.28. The number of benzene rings is 2. The van der Waals surface area contributed by atoms with Crippen LogP contribution >= 0.6 is 0 Å². The first kappa shape index (κ1) is 70.9. The zero-order chi connectivity index (χ0) is 65.3. The smallest absolute Gasteiger partial charge is 0.313 e. The highest BCUT2D eigenvalue weighted by atomic mass is 19.1. The van der Waals surface area contributed by atoms with Gasteiger partial charge in [-0.25, -0.2) is 27.8 Å². The van der Waals surface area contributed by atoms with Gasteiger partial charge < -0.3 is 73.0 Å². The van der Waals surface area contributed by atoms with Crippen LogP contribution in [0.1, 0.15) is 77.2 Å². The number of Topliss-reactive ketones (excluding diaryl/α,β-unsaturated/α-hetero) is 1. The number of hydrogen-bond donors (Lipinski definition) is 4. The summed E-state index contributed by atoms with van der Waals surface area (Å²) in [7, 11) is 1.41. The summed E-state index contributed by atoms with van der Waals surface area (Å²) in [6.07, 6.45) is 8.20. The number of hydrogen-bond acceptors (Lipinski definition) is 22. The molecule has 31 heteroatoms. The second kappa shape index (κ2) is 39.0. The highest BCUT2D eigenvalue weighted by Gasteiger charge is 2.31. The Morgan fingerprint density at radius 1 is 0.783 bits per heavy atom. The summed E-state index contributed by atoms with van der Waals surface area (Å²) in [5.41, 5.74) is 3.33. The molecule has 1 fully saturated rings. The van der Waals surface area contributed by atoms with E-state index in [0.29, 0.717) is 152 Å². The Kier molecular flexibility index (Phi) is 30.0. The van der Waals surface area contributed by atoms with Crippen molar-refractivity contribution in [3.63, 3.8) is 0 Å². The first-order valence-electron chi connectivity index (χ1n) is 29.9. The molecule has 3 amide bonds. The number of esters is 1. The van der Waals surface area contributed by atoms with E-state index in [0.717, 1.165) is 11.1 Å². The zero-order valence-electron chi connectivity index (χ0n) is 51.0. The molecule has 7 rings (SSSR count). The van der Waals surface area contributed by atoms with Gasteiger partial charge in [-0.05, 0) is 43.2 Å². The molecule has 4 N–H and O–H groups in total. The van der Waals surface area contributed by atoms with Crippen LogP contribution in [0.5, 0.6) is 11.5 Å². The van der Waals surface area contributed by atoms with Gasteiger partial charge in [-0.15, -0.1) is 10.2 Å². The van der Waals surface area contributed by atoms with E-state index in [9.17, 15) is 47.5 Å². The Balaban J connectivity index is 0.642. The van der Waals surface area contributed by atoms with E-state index < -0.39 is 52.8 Å². The van der Waals surface area contributed by atoms with Crippen molar-refractivity contribution < 1.29 is 89.6 Å². The Bertz CT molecular complexity index is 3360. The van der Waals surface area contributed by atoms with Crippen molar-refractivity contribution in [2.24, 2.45) is 0 Å². The summed E-state index contributed by atoms with van der Waals surface area (Å²) in [5, 5.41) is 38.3. The van der Waals surface area contributed by atoms with Gasteiger partial charge in [0.15, 0.2) is 17.5 Å². The minimum absolute atomic E-state index is 0.0617. The Labute approximate surface area is 527 Å². The maximum Gasteiger partial charge on any atom is 0.313 e. The summed E-state index contributed by atoms with van der Waals surface area (Å²) in [6.45, 7) is 5.66. The molecule has 0 unspecified atom stereocenters. The van der Waals surface area contributed by atoms with E-state index in [-0.39, 0.29) is 94.4 Å². The number of fused-ring (bicyclic) bond motifs is 1. The maximum absolute atomic E-state index is 13.8. The number of amides is 3. The van der Waals surface area contributed by atoms with Gasteiger partial charge in [0.2, 0.25) is 17.5 Å². The summed E-state index contributed by atoms with van der Waals surface area (Å²) >= 11 is 0. The van der Waals surface area contributed by atoms with Gasteiger partial charge in [-0.3, -0.25) is 24.0 Å². The number of nitrogens with one attached hydrogen (secondary N) is 3. The van der Waals surface area contributed by atoms with E-state index in [2.05, 4.69) is 51.8 Å². The molecule has 5 heterocycles. The first-order valence-corrected chi connectivity index (χ1v) is 29.9. The predicted octanol–water partition coefficient (Wildman–Crippen LogP) is 4.04. The number of nitriles is 1. The lowest BCUT2D eigenvalue weighted by atomic mass is 9.93. The second-order valence-electron chi connectivity index (χ2n) is 20.4. The fourth-order valence-electron chi connectivity index (χ4n) is 9.20. The normalized spacial score (nSPS) is 12.7. The largest absolute Gasteiger partial charge is 0.494 e. The fraction of sp³-hybridized carbons (Fsp3) is 0.492. The molecule has 0 bridgehead atoms. The summed E-state index contributed by atoms with van der Waals surface area (Å²) < 4.78 is 97.1. The average molecular weight is 1290 g/mol. The number of ether oxygens (including phenoxy) is 10. The van der Waals surface area contributed by atoms with Crippen LogP contribution < -0.4 is 20.1 Å². The lowest BCUT2D eigenvalue weighted by molar-refractivity contribution is -0.136. The number of likely N-dealkylation sites (tertiary alicyclic amines) is 1. The topological polar surface area (TPSA) is 339 Å². The number of allylic oxidation sites excluding steroid dienone is 1. The van der Waals surface area contributed by atoms with Gasteiger partial charge in [0, 0.05) is 44.4 Å². The van der Waals surface area contributed by atoms with Crippen LogP contribution in [0.3, 0.4) is 0 Å². The van der Waals surface area contributed by atoms with E-state index in [1.807, 2.05) is 30.3 Å². The van der Waals surface area contributed by atoms with Gasteiger partial charge in [0.25, 0.3) is 17.6 Å². The number of piperidine rings is 1. The molecule has 496 valence electrons. The van der Waals surface area contributed by atoms with E-state index >= 15 is 0 Å². The van der Waals surface area contributed by atoms with Gasteiger partial charge in [-0.1, -0.05) is 35.5 Å². The molecule has 1 aliphatic heterocycles. The van der Waals surface area contributed by atoms with Gasteiger partial charge >= 0.3 is 5.97 Å². The zero-order valence-corrected chi connectivity index (χ0v) is 51.0. The molecule has 92 heavy (non-hydrogen) atoms. The van der Waals surface area contributed by atoms with Crippen molar-refractivity contribution in [2.45, 2.75) is 64.1 Å². The summed E-state index contributed by atoms with van der Waals surface area (Å²) in [5.74, 6) is -7.73. The minimum Gasteiger partial charge on any atom is -0.494 e. The number of ketones is 1. The minimum atomic E-state index is -1.32. The first-order chi connectivity index (χ1) is 44.9. The number of carbonyl (C=O) groups excluding carboxylic acids is 5. The number of unbranched alkanes of at least 4 members (excludes halogenated alkanes) is 1. The third-order valence-electron chi connectivity index (χ3n) is 13.9. The average Bonchev–Trinajstić information content (AvgIpc) is 1.59. The van der Waals surface area contributed by atoms with Crippen molar-refractivity contribution in [1.82, 2.24) is 55.3 Å². The van der Waals surface area contributed by atoms with Crippen LogP contribution in [0.25, 0.3) is 22.3 Å². The molecule has 4 aromatic heterocycles. The fourth-order valence-corrected chi connectivity index (χ4v) is 9.20. The molecule has 1 atom stereocenters. The number of H-pyrrole nitrogens is 1. The Morgan fingerprint density at radius 2 is 1.40 bits per heavy atom. The number of pyridine rings is 1. The number of aromatic nitrogens is 8. The monoisotopic (exact) mass is 1290 g/mol. The Morgan fingerprint density at radius 3 is 2.03 bits per heavy atom. The molecule has 0 saturated carbocycles. The van der Waals surface area contributed by atoms with E-state index in [1.165, 1.54) is 35.4 Å². The second-order valence-corrected chi connectivity index (χ2v) is 20.4. The number of nitrogens with zero attached hydrogens (tertiary/aromatic N) is 9. The van der Waals surface area contributed by atoms with Crippen LogP contribution in [0, 0.1) is 28.8 Å². The van der Waals surface area contributed by atoms with Gasteiger partial charge in [0.05, 0.1) is 179 Å². The number of methoxy groups -OCH3 is 1. The SMILES string of the molecule is COc1cnc(-n2cnc(C(=O)N[C@H](CO)CCCCNC(=O)CCOCCOCCOCCOCc3cn(CCOCCOCCOCCOCCC(=O)Oc4c(F)cc(F)cc4F)nn3)n2)c2[nH]cc(C(=O)C(=O)N3CCC(=C(C#N)c4ccccc4)CC3)c12. The third kappa shape index (κ3) is 22.7. The molecule has 2 aromatic carbocycles. The molecular formula is C61H75F3N12O16. The van der Waals surface area contributed by atoms with Crippen molar-refractivity contribution in [3.8, 4) is 23.4 Å². The van der Waals surface area contributed by atoms with E-state index in [4.69, 9.17) is 42.6 Å². The van der Waals surface area contributed by atoms with Crippen LogP contribution in [-0.2, 0) is 65.4 Å². The summed E-state index contributed by atoms with van der Waals surface area (Å²) in [4.78, 5) is 77.9. The number of carbonyl (C=O) groups is 5. The van der Waals surface area contributed by atoms with Crippen LogP contribution in [0.15, 0.2) is 73.0 Å². The molecular weight excluding hydrogens is 1210 g/mol. The number of halogens is 3.